The van der Waals surface area contributed by atoms with Crippen molar-refractivity contribution in [2.45, 2.75) is 13.0 Å². The number of nitrogens with one attached hydrogen (secondary N) is 2. The lowest BCUT2D eigenvalue weighted by molar-refractivity contribution is 0.0955. The Morgan fingerprint density at radius 1 is 0.800 bits per heavy atom. The van der Waals surface area contributed by atoms with Crippen molar-refractivity contribution in [3.8, 4) is 11.5 Å². The van der Waals surface area contributed by atoms with Gasteiger partial charge in [-0.15, -0.1) is 0 Å². The van der Waals surface area contributed by atoms with Crippen LogP contribution in [0.5, 0.6) is 11.5 Å². The number of benzene rings is 4. The van der Waals surface area contributed by atoms with Gasteiger partial charge in [0, 0.05) is 26.2 Å². The second kappa shape index (κ2) is 14.7. The summed E-state index contributed by atoms with van der Waals surface area (Å²) in [6, 6.07) is 24.1. The van der Waals surface area contributed by atoms with Crippen LogP contribution in [0, 0.1) is 5.82 Å². The number of rotatable bonds is 13. The zero-order chi connectivity index (χ0) is 32.6. The summed E-state index contributed by atoms with van der Waals surface area (Å²) in [4.78, 5) is 26.1. The Bertz CT molecular complexity index is 1760. The van der Waals surface area contributed by atoms with Gasteiger partial charge in [-0.3, -0.25) is 13.9 Å². The normalized spacial score (nSPS) is 11.2. The topological polar surface area (TPSA) is 117 Å². The van der Waals surface area contributed by atoms with E-state index in [1.54, 1.807) is 62.8 Å². The van der Waals surface area contributed by atoms with Crippen molar-refractivity contribution in [3.05, 3.63) is 119 Å². The van der Waals surface area contributed by atoms with Crippen LogP contribution in [-0.2, 0) is 23.2 Å². The lowest BCUT2D eigenvalue weighted by atomic mass is 10.1. The average molecular weight is 635 g/mol. The van der Waals surface area contributed by atoms with Crippen LogP contribution >= 0.6 is 0 Å². The van der Waals surface area contributed by atoms with Crippen LogP contribution < -0.4 is 24.4 Å². The smallest absolute Gasteiger partial charge is 0.303 e. The number of methoxy groups -OCH3 is 2. The minimum atomic E-state index is -4.02. The summed E-state index contributed by atoms with van der Waals surface area (Å²) in [5.74, 6) is -0.270. The maximum absolute atomic E-state index is 14.6. The molecule has 0 atom stereocenters. The third-order valence-corrected chi connectivity index (χ3v) is 8.78. The largest absolute Gasteiger partial charge is 0.493 e. The van der Waals surface area contributed by atoms with Crippen LogP contribution in [0.4, 0.5) is 15.8 Å². The highest BCUT2D eigenvalue weighted by Crippen LogP contribution is 2.28. The summed E-state index contributed by atoms with van der Waals surface area (Å²) in [6.45, 7) is 0.196. The molecule has 2 amide bonds. The van der Waals surface area contributed by atoms with Gasteiger partial charge in [-0.25, -0.2) is 4.39 Å². The molecule has 4 aromatic rings. The zero-order valence-electron chi connectivity index (χ0n) is 25.4. The molecule has 0 radical (unpaired) electrons. The number of halogens is 1. The Kier molecular flexibility index (Phi) is 10.8. The third-order valence-electron chi connectivity index (χ3n) is 6.97. The van der Waals surface area contributed by atoms with E-state index >= 15 is 0 Å². The molecule has 0 aliphatic rings. The molecule has 0 bridgehead atoms. The number of carbonyl (C=O) groups is 2. The fourth-order valence-corrected chi connectivity index (χ4v) is 5.61. The maximum atomic E-state index is 14.6. The van der Waals surface area contributed by atoms with Gasteiger partial charge in [0.1, 0.15) is 5.82 Å². The van der Waals surface area contributed by atoms with Gasteiger partial charge in [0.25, 0.3) is 11.8 Å². The molecule has 0 aromatic heterocycles. The Morgan fingerprint density at radius 3 is 2.11 bits per heavy atom. The van der Waals surface area contributed by atoms with E-state index in [1.807, 2.05) is 12.1 Å². The Morgan fingerprint density at radius 2 is 1.44 bits per heavy atom. The number of nitrogens with zero attached hydrogens (tertiary/aromatic N) is 2. The average Bonchev–Trinajstić information content (AvgIpc) is 3.04. The summed E-state index contributed by atoms with van der Waals surface area (Å²) in [5, 5.41) is 5.67. The lowest BCUT2D eigenvalue weighted by Crippen LogP contribution is -2.40. The molecule has 0 saturated heterocycles. The maximum Gasteiger partial charge on any atom is 0.303 e. The van der Waals surface area contributed by atoms with Gasteiger partial charge in [0.05, 0.1) is 37.7 Å². The van der Waals surface area contributed by atoms with Crippen LogP contribution in [0.2, 0.25) is 0 Å². The van der Waals surface area contributed by atoms with E-state index in [-0.39, 0.29) is 23.7 Å². The molecule has 0 unspecified atom stereocenters. The fourth-order valence-electron chi connectivity index (χ4n) is 4.51. The van der Waals surface area contributed by atoms with E-state index in [1.165, 1.54) is 44.4 Å². The van der Waals surface area contributed by atoms with Crippen molar-refractivity contribution in [2.75, 3.05) is 44.5 Å². The fraction of sp³-hybridized carbons (Fsp3) is 0.212. The monoisotopic (exact) mass is 634 g/mol. The van der Waals surface area contributed by atoms with E-state index < -0.39 is 21.9 Å². The van der Waals surface area contributed by atoms with Crippen molar-refractivity contribution < 1.29 is 31.9 Å². The van der Waals surface area contributed by atoms with Crippen LogP contribution in [0.25, 0.3) is 0 Å². The minimum Gasteiger partial charge on any atom is -0.493 e. The van der Waals surface area contributed by atoms with E-state index in [2.05, 4.69) is 10.6 Å². The van der Waals surface area contributed by atoms with Crippen LogP contribution in [-0.4, -0.2) is 59.4 Å². The SMILES string of the molecule is COc1ccc(CCNC(=O)c2ccccc2NC(=O)c2ccc(CN(c3ccccc3F)S(=O)(=O)N(C)C)cc2)cc1OC. The molecule has 45 heavy (non-hydrogen) atoms. The second-order valence-corrected chi connectivity index (χ2v) is 12.2. The van der Waals surface area contributed by atoms with Gasteiger partial charge < -0.3 is 20.1 Å². The molecule has 0 aliphatic carbocycles. The number of hydrogen-bond acceptors (Lipinski definition) is 6. The van der Waals surface area contributed by atoms with Crippen LogP contribution in [0.15, 0.2) is 91.0 Å². The standard InChI is InChI=1S/C33H35FN4O6S/c1-37(2)45(41,42)38(29-12-8-6-10-27(29)34)22-24-13-16-25(17-14-24)32(39)36-28-11-7-5-9-26(28)33(40)35-20-19-23-15-18-30(43-3)31(21-23)44-4/h5-18,21H,19-20,22H2,1-4H3,(H,35,40)(H,36,39). The first-order chi connectivity index (χ1) is 21.5. The van der Waals surface area contributed by atoms with Gasteiger partial charge in [-0.05, 0) is 66.1 Å². The predicted molar refractivity (Wildman–Crippen MR) is 172 cm³/mol. The zero-order valence-corrected chi connectivity index (χ0v) is 26.2. The molecule has 0 spiro atoms. The molecule has 10 nitrogen and oxygen atoms in total. The Balaban J connectivity index is 1.43. The summed E-state index contributed by atoms with van der Waals surface area (Å²) in [5.41, 5.74) is 2.31. The first kappa shape index (κ1) is 33.0. The Hall–Kier alpha value is -4.94. The van der Waals surface area contributed by atoms with Gasteiger partial charge in [-0.1, -0.05) is 42.5 Å². The van der Waals surface area contributed by atoms with Crippen LogP contribution in [0.1, 0.15) is 31.8 Å². The molecule has 236 valence electrons. The van der Waals surface area contributed by atoms with Crippen molar-refractivity contribution in [1.82, 2.24) is 9.62 Å². The van der Waals surface area contributed by atoms with E-state index in [0.717, 1.165) is 14.2 Å². The number of para-hydroxylation sites is 2. The van der Waals surface area contributed by atoms with Crippen molar-refractivity contribution >= 4 is 33.4 Å². The van der Waals surface area contributed by atoms with Crippen molar-refractivity contribution in [1.29, 1.82) is 0 Å². The summed E-state index contributed by atoms with van der Waals surface area (Å²) >= 11 is 0. The number of anilines is 2. The van der Waals surface area contributed by atoms with Gasteiger partial charge in [0.15, 0.2) is 11.5 Å². The highest BCUT2D eigenvalue weighted by molar-refractivity contribution is 7.90. The molecular formula is C33H35FN4O6S. The van der Waals surface area contributed by atoms with Gasteiger partial charge in [0.2, 0.25) is 0 Å². The highest BCUT2D eigenvalue weighted by atomic mass is 32.2. The number of carbonyl (C=O) groups excluding carboxylic acids is 2. The van der Waals surface area contributed by atoms with Gasteiger partial charge >= 0.3 is 10.2 Å². The second-order valence-electron chi connectivity index (χ2n) is 10.1. The number of ether oxygens (including phenoxy) is 2. The third kappa shape index (κ3) is 7.97. The first-order valence-electron chi connectivity index (χ1n) is 14.0. The quantitative estimate of drug-likeness (QED) is 0.217. The molecule has 2 N–H and O–H groups in total. The van der Waals surface area contributed by atoms with E-state index in [0.29, 0.717) is 41.3 Å². The molecule has 12 heteroatoms. The van der Waals surface area contributed by atoms with Crippen LogP contribution in [0.3, 0.4) is 0 Å². The molecule has 0 fully saturated rings. The number of amides is 2. The molecule has 0 saturated carbocycles. The highest BCUT2D eigenvalue weighted by Gasteiger charge is 2.27. The molecule has 4 rings (SSSR count). The predicted octanol–water partition coefficient (Wildman–Crippen LogP) is 4.88. The summed E-state index contributed by atoms with van der Waals surface area (Å²) in [6.07, 6.45) is 0.553. The van der Waals surface area contributed by atoms with Crippen molar-refractivity contribution in [3.63, 3.8) is 0 Å². The molecule has 4 aromatic carbocycles. The van der Waals surface area contributed by atoms with Gasteiger partial charge in [-0.2, -0.15) is 12.7 Å². The van der Waals surface area contributed by atoms with E-state index in [4.69, 9.17) is 9.47 Å². The summed E-state index contributed by atoms with van der Waals surface area (Å²) in [7, 11) is 1.84. The lowest BCUT2D eigenvalue weighted by Gasteiger charge is -2.27. The summed E-state index contributed by atoms with van der Waals surface area (Å²) < 4.78 is 53.2. The van der Waals surface area contributed by atoms with Crippen molar-refractivity contribution in [2.24, 2.45) is 0 Å². The molecule has 0 aliphatic heterocycles. The number of hydrogen-bond donors (Lipinski definition) is 2. The Labute approximate surface area is 262 Å². The molecular weight excluding hydrogens is 599 g/mol. The first-order valence-corrected chi connectivity index (χ1v) is 15.4. The van der Waals surface area contributed by atoms with E-state index in [9.17, 15) is 22.4 Å². The molecule has 0 heterocycles. The minimum absolute atomic E-state index is 0.0911.